The van der Waals surface area contributed by atoms with Gasteiger partial charge in [-0.3, -0.25) is 0 Å². The number of fused-ring (bicyclic) bond motifs is 1. The number of carbonyl (C=O) groups is 1. The Morgan fingerprint density at radius 2 is 2.19 bits per heavy atom. The number of aryl methyl sites for hydroxylation is 1. The molecule has 1 unspecified atom stereocenters. The van der Waals surface area contributed by atoms with E-state index in [4.69, 9.17) is 4.74 Å². The van der Waals surface area contributed by atoms with Crippen LogP contribution in [0.1, 0.15) is 30.9 Å². The molecule has 0 spiro atoms. The summed E-state index contributed by atoms with van der Waals surface area (Å²) in [5.41, 5.74) is 1.14. The van der Waals surface area contributed by atoms with Gasteiger partial charge in [0.1, 0.15) is 5.60 Å². The van der Waals surface area contributed by atoms with Crippen LogP contribution in [0.2, 0.25) is 0 Å². The monoisotopic (exact) mass is 292 g/mol. The molecular formula is C16H24N2O3. The van der Waals surface area contributed by atoms with Crippen molar-refractivity contribution in [1.29, 1.82) is 0 Å². The van der Waals surface area contributed by atoms with Gasteiger partial charge >= 0.3 is 6.03 Å². The van der Waals surface area contributed by atoms with Crippen molar-refractivity contribution in [3.63, 3.8) is 0 Å². The van der Waals surface area contributed by atoms with Crippen LogP contribution >= 0.6 is 0 Å². The van der Waals surface area contributed by atoms with Gasteiger partial charge in [-0.15, -0.1) is 0 Å². The highest BCUT2D eigenvalue weighted by atomic mass is 16.5. The van der Waals surface area contributed by atoms with Crippen molar-refractivity contribution in [1.82, 2.24) is 10.6 Å². The molecule has 1 aromatic carbocycles. The zero-order chi connectivity index (χ0) is 15.1. The quantitative estimate of drug-likeness (QED) is 0.697. The number of aliphatic hydroxyl groups is 1. The first-order valence-corrected chi connectivity index (χ1v) is 7.56. The van der Waals surface area contributed by atoms with Crippen LogP contribution in [0.4, 0.5) is 4.79 Å². The van der Waals surface area contributed by atoms with Gasteiger partial charge in [0.2, 0.25) is 0 Å². The fourth-order valence-electron chi connectivity index (χ4n) is 2.75. The van der Waals surface area contributed by atoms with E-state index in [2.05, 4.69) is 10.6 Å². The van der Waals surface area contributed by atoms with Crippen LogP contribution in [0.15, 0.2) is 24.3 Å². The minimum absolute atomic E-state index is 0.227. The number of amides is 2. The minimum Gasteiger partial charge on any atom is -0.383 e. The number of hydrogen-bond donors (Lipinski definition) is 3. The second kappa shape index (κ2) is 7.43. The van der Waals surface area contributed by atoms with E-state index < -0.39 is 5.60 Å². The lowest BCUT2D eigenvalue weighted by Crippen LogP contribution is -2.46. The zero-order valence-corrected chi connectivity index (χ0v) is 12.5. The molecule has 1 aromatic rings. The number of urea groups is 1. The van der Waals surface area contributed by atoms with Gasteiger partial charge < -0.3 is 20.5 Å². The Hall–Kier alpha value is -1.59. The largest absolute Gasteiger partial charge is 0.383 e. The Bertz CT molecular complexity index is 478. The Morgan fingerprint density at radius 1 is 1.38 bits per heavy atom. The summed E-state index contributed by atoms with van der Waals surface area (Å²) >= 11 is 0. The Labute approximate surface area is 125 Å². The number of hydrogen-bond acceptors (Lipinski definition) is 3. The lowest BCUT2D eigenvalue weighted by atomic mass is 9.79. The average Bonchev–Trinajstić information content (AvgIpc) is 2.50. The highest BCUT2D eigenvalue weighted by molar-refractivity contribution is 5.73. The van der Waals surface area contributed by atoms with Crippen molar-refractivity contribution in [2.24, 2.45) is 0 Å². The normalized spacial score (nSPS) is 20.7. The van der Waals surface area contributed by atoms with Gasteiger partial charge in [-0.25, -0.2) is 4.79 Å². The van der Waals surface area contributed by atoms with Crippen molar-refractivity contribution in [2.45, 2.75) is 31.8 Å². The molecule has 0 aromatic heterocycles. The van der Waals surface area contributed by atoms with Crippen LogP contribution < -0.4 is 10.6 Å². The molecule has 5 heteroatoms. The Balaban J connectivity index is 1.86. The van der Waals surface area contributed by atoms with Crippen molar-refractivity contribution >= 4 is 6.03 Å². The summed E-state index contributed by atoms with van der Waals surface area (Å²) in [6, 6.07) is 7.63. The van der Waals surface area contributed by atoms with E-state index in [0.29, 0.717) is 26.2 Å². The fraction of sp³-hybridized carbons (Fsp3) is 0.562. The van der Waals surface area contributed by atoms with Gasteiger partial charge in [0.25, 0.3) is 0 Å². The first kappa shape index (κ1) is 15.8. The van der Waals surface area contributed by atoms with E-state index in [1.807, 2.05) is 31.2 Å². The summed E-state index contributed by atoms with van der Waals surface area (Å²) in [5.74, 6) is 0. The van der Waals surface area contributed by atoms with Gasteiger partial charge in [0.15, 0.2) is 0 Å². The van der Waals surface area contributed by atoms with Crippen LogP contribution in [-0.4, -0.2) is 37.4 Å². The summed E-state index contributed by atoms with van der Waals surface area (Å²) in [4.78, 5) is 11.7. The molecule has 0 fully saturated rings. The maximum absolute atomic E-state index is 11.7. The number of benzene rings is 1. The van der Waals surface area contributed by atoms with Gasteiger partial charge in [-0.1, -0.05) is 24.3 Å². The van der Waals surface area contributed by atoms with Crippen LogP contribution in [0, 0.1) is 0 Å². The summed E-state index contributed by atoms with van der Waals surface area (Å²) in [6.07, 6.45) is 2.59. The van der Waals surface area contributed by atoms with Gasteiger partial charge in [-0.05, 0) is 37.3 Å². The molecule has 3 N–H and O–H groups in total. The third-order valence-corrected chi connectivity index (χ3v) is 3.83. The van der Waals surface area contributed by atoms with Gasteiger partial charge in [0, 0.05) is 13.2 Å². The third kappa shape index (κ3) is 4.19. The van der Waals surface area contributed by atoms with Crippen LogP contribution in [0.3, 0.4) is 0 Å². The van der Waals surface area contributed by atoms with Crippen LogP contribution in [-0.2, 0) is 16.8 Å². The van der Waals surface area contributed by atoms with E-state index in [1.54, 1.807) is 0 Å². The zero-order valence-electron chi connectivity index (χ0n) is 12.5. The molecule has 0 heterocycles. The number of nitrogens with one attached hydrogen (secondary N) is 2. The highest BCUT2D eigenvalue weighted by Gasteiger charge is 2.34. The third-order valence-electron chi connectivity index (χ3n) is 3.83. The van der Waals surface area contributed by atoms with E-state index in [1.165, 1.54) is 5.56 Å². The maximum atomic E-state index is 11.7. The lowest BCUT2D eigenvalue weighted by Gasteiger charge is -2.34. The maximum Gasteiger partial charge on any atom is 0.314 e. The Kier molecular flexibility index (Phi) is 5.59. The number of rotatable bonds is 6. The Morgan fingerprint density at radius 3 is 3.00 bits per heavy atom. The van der Waals surface area contributed by atoms with E-state index in [-0.39, 0.29) is 12.6 Å². The van der Waals surface area contributed by atoms with E-state index >= 15 is 0 Å². The number of ether oxygens (including phenoxy) is 1. The van der Waals surface area contributed by atoms with Crippen LogP contribution in [0.25, 0.3) is 0 Å². The lowest BCUT2D eigenvalue weighted by molar-refractivity contribution is 0.0216. The molecule has 1 aliphatic rings. The predicted octanol–water partition coefficient (Wildman–Crippen LogP) is 1.55. The first-order valence-electron chi connectivity index (χ1n) is 7.56. The fourth-order valence-corrected chi connectivity index (χ4v) is 2.75. The molecule has 0 saturated heterocycles. The van der Waals surface area contributed by atoms with E-state index in [9.17, 15) is 9.90 Å². The standard InChI is InChI=1S/C16H24N2O3/c1-2-21-11-10-17-15(19)18-12-16(20)9-5-7-13-6-3-4-8-14(13)16/h3-4,6,8,20H,2,5,7,9-12H2,1H3,(H2,17,18,19). The second-order valence-corrected chi connectivity index (χ2v) is 5.35. The van der Waals surface area contributed by atoms with E-state index in [0.717, 1.165) is 18.4 Å². The molecule has 2 rings (SSSR count). The molecule has 0 bridgehead atoms. The predicted molar refractivity (Wildman–Crippen MR) is 81.2 cm³/mol. The summed E-state index contributed by atoms with van der Waals surface area (Å²) in [7, 11) is 0. The van der Waals surface area contributed by atoms with Crippen molar-refractivity contribution in [3.05, 3.63) is 35.4 Å². The average molecular weight is 292 g/mol. The summed E-state index contributed by atoms with van der Waals surface area (Å²) in [5, 5.41) is 16.3. The molecule has 0 saturated carbocycles. The van der Waals surface area contributed by atoms with Crippen molar-refractivity contribution in [3.8, 4) is 0 Å². The molecule has 2 amide bonds. The number of carbonyl (C=O) groups excluding carboxylic acids is 1. The summed E-state index contributed by atoms with van der Waals surface area (Å²) < 4.78 is 5.15. The van der Waals surface area contributed by atoms with Crippen LogP contribution in [0.5, 0.6) is 0 Å². The van der Waals surface area contributed by atoms with Crippen molar-refractivity contribution in [2.75, 3.05) is 26.3 Å². The van der Waals surface area contributed by atoms with Crippen molar-refractivity contribution < 1.29 is 14.6 Å². The first-order chi connectivity index (χ1) is 10.2. The highest BCUT2D eigenvalue weighted by Crippen LogP contribution is 2.34. The molecule has 116 valence electrons. The van der Waals surface area contributed by atoms with Gasteiger partial charge in [-0.2, -0.15) is 0 Å². The molecule has 1 atom stereocenters. The molecule has 5 nitrogen and oxygen atoms in total. The molecule has 1 aliphatic carbocycles. The minimum atomic E-state index is -0.966. The summed E-state index contributed by atoms with van der Waals surface area (Å²) in [6.45, 7) is 3.74. The second-order valence-electron chi connectivity index (χ2n) is 5.35. The molecular weight excluding hydrogens is 268 g/mol. The topological polar surface area (TPSA) is 70.6 Å². The molecule has 21 heavy (non-hydrogen) atoms. The smallest absolute Gasteiger partial charge is 0.314 e. The molecule has 0 radical (unpaired) electrons. The SMILES string of the molecule is CCOCCNC(=O)NCC1(O)CCCc2ccccc21. The van der Waals surface area contributed by atoms with Gasteiger partial charge in [0.05, 0.1) is 13.2 Å². The molecule has 0 aliphatic heterocycles.